The van der Waals surface area contributed by atoms with Crippen LogP contribution in [0, 0.1) is 0 Å². The lowest BCUT2D eigenvalue weighted by molar-refractivity contribution is 0.598. The molecule has 90 valence electrons. The van der Waals surface area contributed by atoms with Crippen molar-refractivity contribution >= 4 is 38.9 Å². The second-order valence-corrected chi connectivity index (χ2v) is 5.79. The van der Waals surface area contributed by atoms with Crippen LogP contribution in [0.25, 0.3) is 0 Å². The number of alkyl halides is 1. The fourth-order valence-corrected chi connectivity index (χ4v) is 2.52. The molecule has 1 aromatic rings. The summed E-state index contributed by atoms with van der Waals surface area (Å²) < 4.78 is 25.5. The van der Waals surface area contributed by atoms with Crippen molar-refractivity contribution in [3.05, 3.63) is 23.5 Å². The van der Waals surface area contributed by atoms with Crippen LogP contribution in [0.1, 0.15) is 12.8 Å². The lowest BCUT2D eigenvalue weighted by Gasteiger charge is -2.06. The molecule has 16 heavy (non-hydrogen) atoms. The molecular weight excluding hydrogens is 271 g/mol. The molecule has 0 unspecified atom stereocenters. The van der Waals surface area contributed by atoms with Crippen LogP contribution in [-0.4, -0.2) is 25.0 Å². The highest BCUT2D eigenvalue weighted by Gasteiger charge is 2.09. The van der Waals surface area contributed by atoms with Crippen LogP contribution in [0.3, 0.4) is 0 Å². The predicted octanol–water partition coefficient (Wildman–Crippen LogP) is 2.50. The molecule has 0 aliphatic heterocycles. The summed E-state index contributed by atoms with van der Waals surface area (Å²) in [6.45, 7) is 0. The molecule has 0 bridgehead atoms. The Morgan fingerprint density at radius 2 is 2.06 bits per heavy atom. The van der Waals surface area contributed by atoms with Crippen LogP contribution >= 0.6 is 23.2 Å². The van der Waals surface area contributed by atoms with Crippen molar-refractivity contribution in [3.63, 3.8) is 0 Å². The van der Waals surface area contributed by atoms with E-state index in [-0.39, 0.29) is 5.75 Å². The number of anilines is 1. The number of nitrogens with zero attached hydrogens (tertiary/aromatic N) is 1. The SMILES string of the molecule is O=S(=O)(CCCCCl)Nc1ccc(Cl)nc1. The Kier molecular flexibility index (Phi) is 5.31. The zero-order chi connectivity index (χ0) is 12.0. The minimum absolute atomic E-state index is 0.0579. The summed E-state index contributed by atoms with van der Waals surface area (Å²) in [5.74, 6) is 0.528. The maximum atomic E-state index is 11.5. The molecule has 0 saturated carbocycles. The van der Waals surface area contributed by atoms with Crippen LogP contribution in [0.5, 0.6) is 0 Å². The largest absolute Gasteiger partial charge is 0.282 e. The number of hydrogen-bond donors (Lipinski definition) is 1. The molecule has 1 rings (SSSR count). The van der Waals surface area contributed by atoms with Gasteiger partial charge in [0.1, 0.15) is 5.15 Å². The minimum Gasteiger partial charge on any atom is -0.282 e. The first kappa shape index (κ1) is 13.5. The standard InChI is InChI=1S/C9H12Cl2N2O2S/c10-5-1-2-6-16(14,15)13-8-3-4-9(11)12-7-8/h3-4,7,13H,1-2,5-6H2. The smallest absolute Gasteiger partial charge is 0.232 e. The Morgan fingerprint density at radius 3 is 2.62 bits per heavy atom. The number of sulfonamides is 1. The first-order valence-corrected chi connectivity index (χ1v) is 7.28. The summed E-state index contributed by atoms with van der Waals surface area (Å²) in [6.07, 6.45) is 2.60. The van der Waals surface area contributed by atoms with Crippen molar-refractivity contribution in [2.45, 2.75) is 12.8 Å². The van der Waals surface area contributed by atoms with Gasteiger partial charge in [0.05, 0.1) is 17.6 Å². The quantitative estimate of drug-likeness (QED) is 0.495. The van der Waals surface area contributed by atoms with Gasteiger partial charge in [-0.2, -0.15) is 0 Å². The topological polar surface area (TPSA) is 59.1 Å². The summed E-state index contributed by atoms with van der Waals surface area (Å²) in [4.78, 5) is 3.78. The second kappa shape index (κ2) is 6.27. The van der Waals surface area contributed by atoms with Gasteiger partial charge in [0.2, 0.25) is 10.0 Å². The molecule has 0 saturated heterocycles. The zero-order valence-electron chi connectivity index (χ0n) is 8.49. The molecule has 0 atom stereocenters. The number of hydrogen-bond acceptors (Lipinski definition) is 3. The summed E-state index contributed by atoms with van der Waals surface area (Å²) in [7, 11) is -3.31. The molecule has 0 amide bonds. The number of rotatable bonds is 6. The average Bonchev–Trinajstić information content (AvgIpc) is 2.21. The molecule has 7 heteroatoms. The molecule has 0 aromatic carbocycles. The summed E-state index contributed by atoms with van der Waals surface area (Å²) in [5, 5.41) is 0.324. The summed E-state index contributed by atoms with van der Waals surface area (Å²) >= 11 is 11.1. The van der Waals surface area contributed by atoms with Gasteiger partial charge in [0.25, 0.3) is 0 Å². The molecule has 1 heterocycles. The zero-order valence-corrected chi connectivity index (χ0v) is 10.8. The number of nitrogens with one attached hydrogen (secondary N) is 1. The van der Waals surface area contributed by atoms with Gasteiger partial charge < -0.3 is 0 Å². The third-order valence-electron chi connectivity index (χ3n) is 1.80. The van der Waals surface area contributed by atoms with Gasteiger partial charge in [-0.15, -0.1) is 11.6 Å². The second-order valence-electron chi connectivity index (χ2n) is 3.19. The fraction of sp³-hybridized carbons (Fsp3) is 0.444. The van der Waals surface area contributed by atoms with Gasteiger partial charge in [0, 0.05) is 5.88 Å². The molecule has 0 aliphatic carbocycles. The van der Waals surface area contributed by atoms with Crippen molar-refractivity contribution in [1.82, 2.24) is 4.98 Å². The van der Waals surface area contributed by atoms with E-state index in [1.165, 1.54) is 12.3 Å². The van der Waals surface area contributed by atoms with E-state index in [1.807, 2.05) is 0 Å². The number of pyridine rings is 1. The van der Waals surface area contributed by atoms with Gasteiger partial charge in [-0.25, -0.2) is 13.4 Å². The van der Waals surface area contributed by atoms with E-state index in [0.29, 0.717) is 29.6 Å². The van der Waals surface area contributed by atoms with E-state index in [4.69, 9.17) is 23.2 Å². The summed E-state index contributed by atoms with van der Waals surface area (Å²) in [6, 6.07) is 3.09. The van der Waals surface area contributed by atoms with Crippen molar-refractivity contribution in [2.75, 3.05) is 16.4 Å². The highest BCUT2D eigenvalue weighted by atomic mass is 35.5. The average molecular weight is 283 g/mol. The summed E-state index contributed by atoms with van der Waals surface area (Å²) in [5.41, 5.74) is 0.412. The molecule has 0 spiro atoms. The van der Waals surface area contributed by atoms with Crippen LogP contribution in [0.15, 0.2) is 18.3 Å². The first-order valence-electron chi connectivity index (χ1n) is 4.71. The van der Waals surface area contributed by atoms with Gasteiger partial charge >= 0.3 is 0 Å². The molecule has 4 nitrogen and oxygen atoms in total. The van der Waals surface area contributed by atoms with E-state index >= 15 is 0 Å². The van der Waals surface area contributed by atoms with Crippen molar-refractivity contribution < 1.29 is 8.42 Å². The Hall–Kier alpha value is -0.520. The maximum absolute atomic E-state index is 11.5. The van der Waals surface area contributed by atoms with Crippen molar-refractivity contribution in [1.29, 1.82) is 0 Å². The maximum Gasteiger partial charge on any atom is 0.232 e. The highest BCUT2D eigenvalue weighted by Crippen LogP contribution is 2.12. The van der Waals surface area contributed by atoms with E-state index in [0.717, 1.165) is 0 Å². The van der Waals surface area contributed by atoms with Crippen LogP contribution in [0.2, 0.25) is 5.15 Å². The third kappa shape index (κ3) is 5.01. The Morgan fingerprint density at radius 1 is 1.31 bits per heavy atom. The molecule has 0 fully saturated rings. The normalized spacial score (nSPS) is 11.4. The number of halogens is 2. The van der Waals surface area contributed by atoms with Gasteiger partial charge in [-0.3, -0.25) is 4.72 Å². The number of unbranched alkanes of at least 4 members (excludes halogenated alkanes) is 1. The fourth-order valence-electron chi connectivity index (χ4n) is 1.05. The highest BCUT2D eigenvalue weighted by molar-refractivity contribution is 7.92. The number of aromatic nitrogens is 1. The van der Waals surface area contributed by atoms with E-state index in [2.05, 4.69) is 9.71 Å². The third-order valence-corrected chi connectivity index (χ3v) is 3.66. The Bertz CT molecular complexity index is 420. The predicted molar refractivity (Wildman–Crippen MR) is 66.6 cm³/mol. The van der Waals surface area contributed by atoms with Gasteiger partial charge in [0.15, 0.2) is 0 Å². The molecule has 1 N–H and O–H groups in total. The lowest BCUT2D eigenvalue weighted by Crippen LogP contribution is -2.16. The van der Waals surface area contributed by atoms with E-state index in [1.54, 1.807) is 6.07 Å². The molecule has 0 aliphatic rings. The van der Waals surface area contributed by atoms with Crippen LogP contribution in [0.4, 0.5) is 5.69 Å². The first-order chi connectivity index (χ1) is 7.53. The van der Waals surface area contributed by atoms with Crippen molar-refractivity contribution in [3.8, 4) is 0 Å². The van der Waals surface area contributed by atoms with Gasteiger partial charge in [-0.05, 0) is 25.0 Å². The monoisotopic (exact) mass is 282 g/mol. The lowest BCUT2D eigenvalue weighted by atomic mass is 10.4. The van der Waals surface area contributed by atoms with E-state index in [9.17, 15) is 8.42 Å². The molecule has 1 aromatic heterocycles. The van der Waals surface area contributed by atoms with Crippen LogP contribution in [-0.2, 0) is 10.0 Å². The van der Waals surface area contributed by atoms with E-state index < -0.39 is 10.0 Å². The molecule has 0 radical (unpaired) electrons. The Labute approximate surface area is 105 Å². The van der Waals surface area contributed by atoms with Gasteiger partial charge in [-0.1, -0.05) is 11.6 Å². The Balaban J connectivity index is 2.55. The minimum atomic E-state index is -3.31. The van der Waals surface area contributed by atoms with Crippen LogP contribution < -0.4 is 4.72 Å². The van der Waals surface area contributed by atoms with Crippen molar-refractivity contribution in [2.24, 2.45) is 0 Å². The molecular formula is C9H12Cl2N2O2S.